The maximum atomic E-state index is 12.4. The average molecular weight is 400 g/mol. The van der Waals surface area contributed by atoms with Gasteiger partial charge in [0, 0.05) is 24.8 Å². The van der Waals surface area contributed by atoms with Crippen LogP contribution in [0.4, 0.5) is 11.4 Å². The molecule has 8 heteroatoms. The van der Waals surface area contributed by atoms with Crippen molar-refractivity contribution in [3.05, 3.63) is 53.6 Å². The minimum atomic E-state index is -1.08. The Morgan fingerprint density at radius 3 is 2.59 bits per heavy atom. The summed E-state index contributed by atoms with van der Waals surface area (Å²) in [4.78, 5) is 26.0. The molecule has 0 aromatic heterocycles. The van der Waals surface area contributed by atoms with Gasteiger partial charge >= 0.3 is 5.97 Å². The zero-order chi connectivity index (χ0) is 20.8. The Morgan fingerprint density at radius 2 is 1.97 bits per heavy atom. The van der Waals surface area contributed by atoms with Gasteiger partial charge in [0.05, 0.1) is 44.3 Å². The van der Waals surface area contributed by atoms with Crippen LogP contribution in [-0.2, 0) is 9.47 Å². The van der Waals surface area contributed by atoms with E-state index in [1.54, 1.807) is 50.6 Å². The van der Waals surface area contributed by atoms with Crippen molar-refractivity contribution in [2.24, 2.45) is 0 Å². The Hall–Kier alpha value is -3.10. The number of methoxy groups -OCH3 is 1. The lowest BCUT2D eigenvalue weighted by Gasteiger charge is -2.29. The fourth-order valence-corrected chi connectivity index (χ4v) is 3.11. The molecule has 0 aliphatic carbocycles. The number of likely N-dealkylation sites (N-methyl/N-ethyl adjacent to an activating group) is 1. The van der Waals surface area contributed by atoms with Crippen LogP contribution >= 0.6 is 0 Å². The predicted octanol–water partition coefficient (Wildman–Crippen LogP) is 2.50. The van der Waals surface area contributed by atoms with Gasteiger partial charge in [-0.15, -0.1) is 0 Å². The van der Waals surface area contributed by atoms with E-state index in [0.717, 1.165) is 0 Å². The number of ether oxygens (including phenoxy) is 3. The first-order valence-electron chi connectivity index (χ1n) is 9.21. The van der Waals surface area contributed by atoms with Crippen LogP contribution in [0.1, 0.15) is 20.7 Å². The number of carboxylic acid groups (broad SMARTS) is 1. The number of aromatic carboxylic acids is 1. The van der Waals surface area contributed by atoms with Crippen LogP contribution in [0.25, 0.3) is 0 Å². The van der Waals surface area contributed by atoms with E-state index in [4.69, 9.17) is 14.2 Å². The predicted molar refractivity (Wildman–Crippen MR) is 108 cm³/mol. The maximum Gasteiger partial charge on any atom is 0.337 e. The molecule has 8 nitrogen and oxygen atoms in total. The zero-order valence-electron chi connectivity index (χ0n) is 16.4. The second-order valence-corrected chi connectivity index (χ2v) is 6.67. The molecule has 0 bridgehead atoms. The fourth-order valence-electron chi connectivity index (χ4n) is 3.11. The van der Waals surface area contributed by atoms with E-state index < -0.39 is 5.97 Å². The van der Waals surface area contributed by atoms with Gasteiger partial charge in [-0.05, 0) is 42.5 Å². The average Bonchev–Trinajstić information content (AvgIpc) is 2.74. The molecule has 1 amide bonds. The number of nitrogens with one attached hydrogen (secondary N) is 1. The van der Waals surface area contributed by atoms with E-state index in [0.29, 0.717) is 49.1 Å². The topological polar surface area (TPSA) is 97.3 Å². The van der Waals surface area contributed by atoms with Crippen LogP contribution in [0.15, 0.2) is 42.5 Å². The van der Waals surface area contributed by atoms with Gasteiger partial charge in [0.1, 0.15) is 5.75 Å². The second-order valence-electron chi connectivity index (χ2n) is 6.67. The summed E-state index contributed by atoms with van der Waals surface area (Å²) in [6, 6.07) is 11.5. The molecule has 2 aromatic carbocycles. The summed E-state index contributed by atoms with van der Waals surface area (Å²) in [6.45, 7) is 2.07. The minimum Gasteiger partial charge on any atom is -0.497 e. The zero-order valence-corrected chi connectivity index (χ0v) is 16.4. The molecule has 1 saturated heterocycles. The van der Waals surface area contributed by atoms with Gasteiger partial charge in [-0.25, -0.2) is 4.79 Å². The molecule has 1 heterocycles. The second kappa shape index (κ2) is 9.40. The lowest BCUT2D eigenvalue weighted by Crippen LogP contribution is -2.38. The van der Waals surface area contributed by atoms with Crippen molar-refractivity contribution in [3.8, 4) is 5.75 Å². The highest BCUT2D eigenvalue weighted by atomic mass is 16.6. The van der Waals surface area contributed by atoms with Crippen LogP contribution < -0.4 is 15.0 Å². The number of amides is 1. The molecule has 0 saturated carbocycles. The molecular formula is C21H24N2O6. The molecule has 1 atom stereocenters. The number of anilines is 2. The summed E-state index contributed by atoms with van der Waals surface area (Å²) in [5, 5.41) is 12.4. The van der Waals surface area contributed by atoms with Crippen LogP contribution in [0.2, 0.25) is 0 Å². The van der Waals surface area contributed by atoms with Gasteiger partial charge in [-0.3, -0.25) is 4.79 Å². The van der Waals surface area contributed by atoms with Crippen molar-refractivity contribution in [2.45, 2.75) is 6.10 Å². The molecule has 0 spiro atoms. The normalized spacial score (nSPS) is 16.1. The Labute approximate surface area is 169 Å². The van der Waals surface area contributed by atoms with E-state index in [1.807, 2.05) is 4.90 Å². The number of benzene rings is 2. The molecule has 2 N–H and O–H groups in total. The van der Waals surface area contributed by atoms with Crippen LogP contribution in [0, 0.1) is 0 Å². The van der Waals surface area contributed by atoms with Crippen molar-refractivity contribution in [1.29, 1.82) is 0 Å². The molecule has 0 unspecified atom stereocenters. The van der Waals surface area contributed by atoms with E-state index >= 15 is 0 Å². The van der Waals surface area contributed by atoms with Crippen LogP contribution in [0.5, 0.6) is 5.75 Å². The number of carbonyl (C=O) groups is 2. The van der Waals surface area contributed by atoms with Crippen molar-refractivity contribution in [3.63, 3.8) is 0 Å². The fraction of sp³-hybridized carbons (Fsp3) is 0.333. The highest BCUT2D eigenvalue weighted by molar-refractivity contribution is 6.05. The summed E-state index contributed by atoms with van der Waals surface area (Å²) in [5.41, 5.74) is 1.47. The molecule has 1 fully saturated rings. The minimum absolute atomic E-state index is 0.0942. The van der Waals surface area contributed by atoms with Gasteiger partial charge in [0.2, 0.25) is 0 Å². The lowest BCUT2D eigenvalue weighted by molar-refractivity contribution is -0.0837. The number of hydrogen-bond donors (Lipinski definition) is 2. The van der Waals surface area contributed by atoms with Gasteiger partial charge < -0.3 is 29.5 Å². The van der Waals surface area contributed by atoms with E-state index in [-0.39, 0.29) is 17.6 Å². The lowest BCUT2D eigenvalue weighted by atomic mass is 10.1. The van der Waals surface area contributed by atoms with E-state index in [2.05, 4.69) is 5.32 Å². The molecule has 29 heavy (non-hydrogen) atoms. The van der Waals surface area contributed by atoms with Crippen molar-refractivity contribution < 1.29 is 28.9 Å². The molecule has 2 aromatic rings. The van der Waals surface area contributed by atoms with E-state index in [9.17, 15) is 14.7 Å². The number of nitrogens with zero attached hydrogens (tertiary/aromatic N) is 1. The monoisotopic (exact) mass is 400 g/mol. The molecule has 3 rings (SSSR count). The number of carboxylic acids is 1. The third-order valence-electron chi connectivity index (χ3n) is 4.61. The van der Waals surface area contributed by atoms with Crippen LogP contribution in [-0.4, -0.2) is 63.6 Å². The summed E-state index contributed by atoms with van der Waals surface area (Å²) < 4.78 is 16.1. The molecule has 154 valence electrons. The molecule has 1 aliphatic heterocycles. The SMILES string of the molecule is COc1ccc(C(=O)Nc2ccc(N(C)C[C@@H]3COCCO3)c(C(=O)O)c2)cc1. The Balaban J connectivity index is 1.74. The molecular weight excluding hydrogens is 376 g/mol. The van der Waals surface area contributed by atoms with Gasteiger partial charge in [0.15, 0.2) is 0 Å². The van der Waals surface area contributed by atoms with Gasteiger partial charge in [0.25, 0.3) is 5.91 Å². The summed E-state index contributed by atoms with van der Waals surface area (Å²) in [7, 11) is 3.35. The van der Waals surface area contributed by atoms with Crippen molar-refractivity contribution >= 4 is 23.3 Å². The van der Waals surface area contributed by atoms with Crippen molar-refractivity contribution in [1.82, 2.24) is 0 Å². The van der Waals surface area contributed by atoms with Gasteiger partial charge in [-0.2, -0.15) is 0 Å². The number of rotatable bonds is 7. The maximum absolute atomic E-state index is 12.4. The van der Waals surface area contributed by atoms with E-state index in [1.165, 1.54) is 6.07 Å². The van der Waals surface area contributed by atoms with Gasteiger partial charge in [-0.1, -0.05) is 0 Å². The molecule has 1 aliphatic rings. The first-order valence-corrected chi connectivity index (χ1v) is 9.21. The Morgan fingerprint density at radius 1 is 1.21 bits per heavy atom. The highest BCUT2D eigenvalue weighted by Crippen LogP contribution is 2.25. The summed E-state index contributed by atoms with van der Waals surface area (Å²) in [6.07, 6.45) is -0.121. The standard InChI is InChI=1S/C21H24N2O6/c1-23(12-17-13-28-9-10-29-17)19-8-5-15(11-18(19)21(25)26)22-20(24)14-3-6-16(27-2)7-4-14/h3-8,11,17H,9-10,12-13H2,1-2H3,(H,22,24)(H,25,26)/t17-/m1/s1. The summed E-state index contributed by atoms with van der Waals surface area (Å²) in [5.74, 6) is -0.763. The number of carbonyl (C=O) groups excluding carboxylic acids is 1. The summed E-state index contributed by atoms with van der Waals surface area (Å²) >= 11 is 0. The van der Waals surface area contributed by atoms with Crippen LogP contribution in [0.3, 0.4) is 0 Å². The smallest absolute Gasteiger partial charge is 0.337 e. The van der Waals surface area contributed by atoms with Crippen molar-refractivity contribution in [2.75, 3.05) is 50.7 Å². The first kappa shape index (κ1) is 20.6. The molecule has 0 radical (unpaired) electrons. The Bertz CT molecular complexity index is 862. The largest absolute Gasteiger partial charge is 0.497 e. The number of hydrogen-bond acceptors (Lipinski definition) is 6. The quantitative estimate of drug-likeness (QED) is 0.737. The highest BCUT2D eigenvalue weighted by Gasteiger charge is 2.20. The first-order chi connectivity index (χ1) is 14.0. The Kier molecular flexibility index (Phi) is 6.69. The third kappa shape index (κ3) is 5.24. The third-order valence-corrected chi connectivity index (χ3v) is 4.61.